The van der Waals surface area contributed by atoms with Gasteiger partial charge in [-0.1, -0.05) is 23.9 Å². The standard InChI is InChI=1S/C18H15N3O5S/c22-13-7-5-12(6-8-13)21-17(26)15(9-16(24)25)27-18(21)20-19-10-11-3-1-2-4-14(11)23/h1-8,10,15,22-23H,9H2,(H,24,25)/b19-10+,20-18+. The summed E-state index contributed by atoms with van der Waals surface area (Å²) in [5.74, 6) is -1.44. The number of aromatic hydroxyl groups is 2. The Morgan fingerprint density at radius 2 is 1.85 bits per heavy atom. The first-order valence-corrected chi connectivity index (χ1v) is 8.74. The zero-order valence-electron chi connectivity index (χ0n) is 13.9. The second kappa shape index (κ2) is 7.92. The van der Waals surface area contributed by atoms with Crippen LogP contribution in [0.5, 0.6) is 11.5 Å². The molecule has 0 spiro atoms. The molecule has 27 heavy (non-hydrogen) atoms. The number of carboxylic acid groups (broad SMARTS) is 1. The van der Waals surface area contributed by atoms with Gasteiger partial charge in [0.15, 0.2) is 5.17 Å². The van der Waals surface area contributed by atoms with Gasteiger partial charge in [-0.25, -0.2) is 0 Å². The zero-order chi connectivity index (χ0) is 19.4. The number of rotatable bonds is 5. The average Bonchev–Trinajstić information content (AvgIpc) is 2.92. The number of thioether (sulfide) groups is 1. The Morgan fingerprint density at radius 3 is 2.52 bits per heavy atom. The van der Waals surface area contributed by atoms with Crippen LogP contribution in [-0.2, 0) is 9.59 Å². The van der Waals surface area contributed by atoms with Crippen LogP contribution in [0.15, 0.2) is 58.7 Å². The third-order valence-corrected chi connectivity index (χ3v) is 4.81. The molecule has 2 aromatic carbocycles. The van der Waals surface area contributed by atoms with Crippen LogP contribution < -0.4 is 4.90 Å². The number of carbonyl (C=O) groups is 2. The molecule has 138 valence electrons. The molecule has 8 nitrogen and oxygen atoms in total. The second-order valence-corrected chi connectivity index (χ2v) is 6.75. The molecule has 1 fully saturated rings. The second-order valence-electron chi connectivity index (χ2n) is 5.58. The summed E-state index contributed by atoms with van der Waals surface area (Å²) in [6.07, 6.45) is 0.993. The number of anilines is 1. The molecule has 0 aromatic heterocycles. The minimum atomic E-state index is -1.09. The number of hydrogen-bond donors (Lipinski definition) is 3. The number of amides is 1. The van der Waals surface area contributed by atoms with Gasteiger partial charge >= 0.3 is 5.97 Å². The maximum atomic E-state index is 12.6. The fourth-order valence-corrected chi connectivity index (χ4v) is 3.48. The van der Waals surface area contributed by atoms with Crippen molar-refractivity contribution in [3.63, 3.8) is 0 Å². The largest absolute Gasteiger partial charge is 0.508 e. The summed E-state index contributed by atoms with van der Waals surface area (Å²) in [5.41, 5.74) is 0.893. The molecule has 1 aliphatic rings. The van der Waals surface area contributed by atoms with Gasteiger partial charge < -0.3 is 15.3 Å². The molecule has 1 unspecified atom stereocenters. The molecule has 3 N–H and O–H groups in total. The lowest BCUT2D eigenvalue weighted by Gasteiger charge is -2.15. The highest BCUT2D eigenvalue weighted by atomic mass is 32.2. The fraction of sp³-hybridized carbons (Fsp3) is 0.111. The normalized spacial score (nSPS) is 18.5. The number of nitrogens with zero attached hydrogens (tertiary/aromatic N) is 3. The highest BCUT2D eigenvalue weighted by Gasteiger charge is 2.40. The third-order valence-electron chi connectivity index (χ3n) is 3.68. The maximum absolute atomic E-state index is 12.6. The molecule has 9 heteroatoms. The molecular formula is C18H15N3O5S. The summed E-state index contributed by atoms with van der Waals surface area (Å²) in [7, 11) is 0. The van der Waals surface area contributed by atoms with Gasteiger partial charge in [0.2, 0.25) is 5.91 Å². The molecule has 1 saturated heterocycles. The van der Waals surface area contributed by atoms with Gasteiger partial charge in [-0.2, -0.15) is 5.10 Å². The smallest absolute Gasteiger partial charge is 0.305 e. The highest BCUT2D eigenvalue weighted by Crippen LogP contribution is 2.34. The molecule has 1 atom stereocenters. The number of amidine groups is 1. The Balaban J connectivity index is 1.91. The molecule has 0 aliphatic carbocycles. The number of benzene rings is 2. The average molecular weight is 385 g/mol. The van der Waals surface area contributed by atoms with Crippen LogP contribution in [0.2, 0.25) is 0 Å². The molecule has 0 radical (unpaired) electrons. The molecular weight excluding hydrogens is 370 g/mol. The van der Waals surface area contributed by atoms with Crippen molar-refractivity contribution in [2.24, 2.45) is 10.2 Å². The van der Waals surface area contributed by atoms with Crippen molar-refractivity contribution < 1.29 is 24.9 Å². The van der Waals surface area contributed by atoms with Crippen LogP contribution in [0.25, 0.3) is 0 Å². The quantitative estimate of drug-likeness (QED) is 0.536. The minimum Gasteiger partial charge on any atom is -0.508 e. The van der Waals surface area contributed by atoms with Crippen molar-refractivity contribution in [1.29, 1.82) is 0 Å². The number of phenols is 2. The van der Waals surface area contributed by atoms with E-state index in [-0.39, 0.29) is 23.1 Å². The predicted octanol–water partition coefficient (Wildman–Crippen LogP) is 2.41. The minimum absolute atomic E-state index is 0.0377. The van der Waals surface area contributed by atoms with Crippen LogP contribution in [0.4, 0.5) is 5.69 Å². The summed E-state index contributed by atoms with van der Waals surface area (Å²) in [6.45, 7) is 0. The van der Waals surface area contributed by atoms with Crippen molar-refractivity contribution in [1.82, 2.24) is 0 Å². The molecule has 1 aliphatic heterocycles. The molecule has 0 bridgehead atoms. The van der Waals surface area contributed by atoms with Crippen molar-refractivity contribution >= 4 is 40.7 Å². The van der Waals surface area contributed by atoms with Crippen LogP contribution in [0.1, 0.15) is 12.0 Å². The van der Waals surface area contributed by atoms with Crippen molar-refractivity contribution in [2.75, 3.05) is 4.90 Å². The Morgan fingerprint density at radius 1 is 1.15 bits per heavy atom. The monoisotopic (exact) mass is 385 g/mol. The van der Waals surface area contributed by atoms with E-state index < -0.39 is 17.1 Å². The Labute approximate surface area is 158 Å². The number of aliphatic carboxylic acids is 1. The summed E-state index contributed by atoms with van der Waals surface area (Å²) in [5, 5.41) is 35.5. The van der Waals surface area contributed by atoms with Gasteiger partial charge in [0.05, 0.1) is 18.3 Å². The molecule has 1 heterocycles. The predicted molar refractivity (Wildman–Crippen MR) is 102 cm³/mol. The van der Waals surface area contributed by atoms with E-state index in [4.69, 9.17) is 5.11 Å². The lowest BCUT2D eigenvalue weighted by molar-refractivity contribution is -0.138. The Hall–Kier alpha value is -3.33. The van der Waals surface area contributed by atoms with Crippen LogP contribution in [0, 0.1) is 0 Å². The van der Waals surface area contributed by atoms with E-state index >= 15 is 0 Å². The van der Waals surface area contributed by atoms with Crippen LogP contribution >= 0.6 is 11.8 Å². The first-order chi connectivity index (χ1) is 13.0. The number of carbonyl (C=O) groups excluding carboxylic acids is 1. The Bertz CT molecular complexity index is 927. The molecule has 3 rings (SSSR count). The van der Waals surface area contributed by atoms with Crippen LogP contribution in [-0.4, -0.2) is 43.8 Å². The lowest BCUT2D eigenvalue weighted by Crippen LogP contribution is -2.32. The highest BCUT2D eigenvalue weighted by molar-refractivity contribution is 8.16. The van der Waals surface area contributed by atoms with Crippen molar-refractivity contribution in [3.05, 3.63) is 54.1 Å². The van der Waals surface area contributed by atoms with Gasteiger partial charge in [-0.3, -0.25) is 14.5 Å². The van der Waals surface area contributed by atoms with Gasteiger partial charge in [-0.05, 0) is 36.4 Å². The van der Waals surface area contributed by atoms with Gasteiger partial charge in [0.1, 0.15) is 16.7 Å². The van der Waals surface area contributed by atoms with E-state index in [0.717, 1.165) is 11.8 Å². The Kier molecular flexibility index (Phi) is 5.41. The summed E-state index contributed by atoms with van der Waals surface area (Å²) >= 11 is 1.00. The van der Waals surface area contributed by atoms with E-state index in [1.54, 1.807) is 18.2 Å². The van der Waals surface area contributed by atoms with E-state index in [1.165, 1.54) is 41.4 Å². The van der Waals surface area contributed by atoms with E-state index in [0.29, 0.717) is 11.3 Å². The van der Waals surface area contributed by atoms with Crippen LogP contribution in [0.3, 0.4) is 0 Å². The summed E-state index contributed by atoms with van der Waals surface area (Å²) in [4.78, 5) is 24.9. The van der Waals surface area contributed by atoms with E-state index in [1.807, 2.05) is 0 Å². The zero-order valence-corrected chi connectivity index (χ0v) is 14.7. The first kappa shape index (κ1) is 18.5. The van der Waals surface area contributed by atoms with Crippen molar-refractivity contribution in [2.45, 2.75) is 11.7 Å². The number of phenolic OH excluding ortho intramolecular Hbond substituents is 2. The van der Waals surface area contributed by atoms with Gasteiger partial charge in [0.25, 0.3) is 0 Å². The SMILES string of the molecule is O=C(O)CC1S/C(=N/N=C/c2ccccc2O)N(c2ccc(O)cc2)C1=O. The van der Waals surface area contributed by atoms with E-state index in [2.05, 4.69) is 10.2 Å². The number of para-hydroxylation sites is 1. The topological polar surface area (TPSA) is 123 Å². The summed E-state index contributed by atoms with van der Waals surface area (Å²) in [6, 6.07) is 12.4. The molecule has 2 aromatic rings. The summed E-state index contributed by atoms with van der Waals surface area (Å²) < 4.78 is 0. The first-order valence-electron chi connectivity index (χ1n) is 7.86. The number of carboxylic acids is 1. The fourth-order valence-electron chi connectivity index (χ4n) is 2.40. The number of hydrogen-bond acceptors (Lipinski definition) is 7. The van der Waals surface area contributed by atoms with Crippen molar-refractivity contribution in [3.8, 4) is 11.5 Å². The van der Waals surface area contributed by atoms with Gasteiger partial charge in [-0.15, -0.1) is 5.10 Å². The van der Waals surface area contributed by atoms with E-state index in [9.17, 15) is 19.8 Å². The molecule has 0 saturated carbocycles. The van der Waals surface area contributed by atoms with Gasteiger partial charge in [0, 0.05) is 5.56 Å². The molecule has 1 amide bonds. The lowest BCUT2D eigenvalue weighted by atomic mass is 10.2. The maximum Gasteiger partial charge on any atom is 0.305 e. The third kappa shape index (κ3) is 4.26.